The third-order valence-electron chi connectivity index (χ3n) is 2.98. The molecule has 0 saturated carbocycles. The Labute approximate surface area is 99.4 Å². The number of nitrogens with zero attached hydrogens (tertiary/aromatic N) is 1. The van der Waals surface area contributed by atoms with Crippen LogP contribution in [0, 0.1) is 11.7 Å². The second kappa shape index (κ2) is 4.71. The number of halogens is 1. The number of carbonyl (C=O) groups is 1. The first-order valence-corrected chi connectivity index (χ1v) is 5.45. The molecule has 92 valence electrons. The molecular weight excluding hydrogens is 223 g/mol. The van der Waals surface area contributed by atoms with Gasteiger partial charge in [0.15, 0.2) is 11.6 Å². The molecule has 0 radical (unpaired) electrons. The Morgan fingerprint density at radius 3 is 2.71 bits per heavy atom. The summed E-state index contributed by atoms with van der Waals surface area (Å²) in [5.41, 5.74) is 0.542. The van der Waals surface area contributed by atoms with E-state index in [1.807, 2.05) is 0 Å². The summed E-state index contributed by atoms with van der Waals surface area (Å²) in [5.74, 6) is -0.269. The summed E-state index contributed by atoms with van der Waals surface area (Å²) in [6.07, 6.45) is 0. The maximum atomic E-state index is 13.5. The first kappa shape index (κ1) is 11.9. The van der Waals surface area contributed by atoms with Gasteiger partial charge in [-0.1, -0.05) is 0 Å². The number of nitrogens with one attached hydrogen (secondary N) is 1. The summed E-state index contributed by atoms with van der Waals surface area (Å²) in [6, 6.07) is 4.50. The molecule has 1 aliphatic heterocycles. The van der Waals surface area contributed by atoms with Crippen LogP contribution >= 0.6 is 0 Å². The predicted molar refractivity (Wildman–Crippen MR) is 62.7 cm³/mol. The first-order chi connectivity index (χ1) is 8.13. The molecule has 5 heteroatoms. The minimum absolute atomic E-state index is 0.00478. The molecule has 2 rings (SSSR count). The average molecular weight is 238 g/mol. The number of anilines is 1. The van der Waals surface area contributed by atoms with E-state index in [1.54, 1.807) is 13.1 Å². The molecule has 1 fully saturated rings. The Bertz CT molecular complexity index is 433. The fourth-order valence-electron chi connectivity index (χ4n) is 1.73. The van der Waals surface area contributed by atoms with Crippen molar-refractivity contribution >= 4 is 11.6 Å². The van der Waals surface area contributed by atoms with Crippen LogP contribution in [0.3, 0.4) is 0 Å². The third-order valence-corrected chi connectivity index (χ3v) is 2.98. The highest BCUT2D eigenvalue weighted by Gasteiger charge is 2.28. The topological polar surface area (TPSA) is 41.6 Å². The van der Waals surface area contributed by atoms with E-state index in [-0.39, 0.29) is 17.6 Å². The minimum Gasteiger partial charge on any atom is -0.494 e. The zero-order chi connectivity index (χ0) is 12.4. The molecule has 0 aliphatic carbocycles. The summed E-state index contributed by atoms with van der Waals surface area (Å²) in [7, 11) is 3.06. The van der Waals surface area contributed by atoms with E-state index in [4.69, 9.17) is 4.74 Å². The Hall–Kier alpha value is -1.62. The first-order valence-electron chi connectivity index (χ1n) is 5.45. The van der Waals surface area contributed by atoms with Crippen LogP contribution in [0.1, 0.15) is 0 Å². The van der Waals surface area contributed by atoms with Gasteiger partial charge in [0.25, 0.3) is 0 Å². The highest BCUT2D eigenvalue weighted by atomic mass is 19.1. The fourth-order valence-corrected chi connectivity index (χ4v) is 1.73. The van der Waals surface area contributed by atoms with E-state index in [0.29, 0.717) is 18.8 Å². The highest BCUT2D eigenvalue weighted by molar-refractivity contribution is 5.95. The number of rotatable bonds is 3. The van der Waals surface area contributed by atoms with Crippen molar-refractivity contribution in [2.45, 2.75) is 0 Å². The quantitative estimate of drug-likeness (QED) is 0.854. The van der Waals surface area contributed by atoms with E-state index in [2.05, 4.69) is 5.32 Å². The predicted octanol–water partition coefficient (Wildman–Crippen LogP) is 1.02. The van der Waals surface area contributed by atoms with Crippen molar-refractivity contribution in [3.05, 3.63) is 24.0 Å². The lowest BCUT2D eigenvalue weighted by molar-refractivity contribution is -0.123. The van der Waals surface area contributed by atoms with Crippen LogP contribution in [0.5, 0.6) is 5.75 Å². The Morgan fingerprint density at radius 2 is 2.24 bits per heavy atom. The van der Waals surface area contributed by atoms with Gasteiger partial charge in [-0.05, 0) is 12.1 Å². The van der Waals surface area contributed by atoms with Gasteiger partial charge in [0.2, 0.25) is 5.91 Å². The van der Waals surface area contributed by atoms with Crippen LogP contribution < -0.4 is 15.0 Å². The van der Waals surface area contributed by atoms with Gasteiger partial charge < -0.3 is 15.0 Å². The number of methoxy groups -OCH3 is 1. The van der Waals surface area contributed by atoms with E-state index >= 15 is 0 Å². The summed E-state index contributed by atoms with van der Waals surface area (Å²) in [6.45, 7) is 1.39. The highest BCUT2D eigenvalue weighted by Crippen LogP contribution is 2.24. The number of carbonyl (C=O) groups excluding carboxylic acids is 1. The van der Waals surface area contributed by atoms with Crippen molar-refractivity contribution in [1.29, 1.82) is 0 Å². The molecule has 0 spiro atoms. The molecule has 0 bridgehead atoms. The minimum atomic E-state index is -0.462. The molecule has 0 atom stereocenters. The third kappa shape index (κ3) is 2.24. The van der Waals surface area contributed by atoms with Gasteiger partial charge in [0.1, 0.15) is 0 Å². The second-order valence-electron chi connectivity index (χ2n) is 4.07. The van der Waals surface area contributed by atoms with Gasteiger partial charge in [0.05, 0.1) is 13.0 Å². The number of hydrogen-bond acceptors (Lipinski definition) is 3. The largest absolute Gasteiger partial charge is 0.494 e. The maximum absolute atomic E-state index is 13.5. The van der Waals surface area contributed by atoms with Crippen molar-refractivity contribution in [2.24, 2.45) is 5.92 Å². The molecule has 4 nitrogen and oxygen atoms in total. The van der Waals surface area contributed by atoms with Crippen LogP contribution in [-0.4, -0.2) is 33.2 Å². The van der Waals surface area contributed by atoms with E-state index in [1.165, 1.54) is 24.1 Å². The molecule has 1 saturated heterocycles. The second-order valence-corrected chi connectivity index (χ2v) is 4.07. The van der Waals surface area contributed by atoms with Gasteiger partial charge in [-0.15, -0.1) is 0 Å². The molecule has 0 aromatic heterocycles. The summed E-state index contributed by atoms with van der Waals surface area (Å²) < 4.78 is 18.3. The van der Waals surface area contributed by atoms with Gasteiger partial charge in [0, 0.05) is 31.9 Å². The molecule has 1 heterocycles. The zero-order valence-electron chi connectivity index (χ0n) is 9.87. The Balaban J connectivity index is 2.15. The normalized spacial score (nSPS) is 15.2. The Kier molecular flexibility index (Phi) is 3.28. The monoisotopic (exact) mass is 238 g/mol. The van der Waals surface area contributed by atoms with E-state index in [9.17, 15) is 9.18 Å². The lowest BCUT2D eigenvalue weighted by Crippen LogP contribution is -2.51. The molecule has 1 aromatic carbocycles. The molecule has 0 unspecified atom stereocenters. The summed E-state index contributed by atoms with van der Waals surface area (Å²) in [4.78, 5) is 13.4. The van der Waals surface area contributed by atoms with Crippen molar-refractivity contribution in [3.8, 4) is 5.75 Å². The molecule has 17 heavy (non-hydrogen) atoms. The van der Waals surface area contributed by atoms with Gasteiger partial charge in [-0.3, -0.25) is 4.79 Å². The molecule has 1 aliphatic rings. The van der Waals surface area contributed by atoms with Crippen LogP contribution in [-0.2, 0) is 4.79 Å². The molecule has 1 N–H and O–H groups in total. The summed E-state index contributed by atoms with van der Waals surface area (Å²) in [5, 5.41) is 3.04. The SMILES string of the molecule is COc1ccc(N(C)C(=O)C2CNC2)cc1F. The van der Waals surface area contributed by atoms with Crippen molar-refractivity contribution in [3.63, 3.8) is 0 Å². The van der Waals surface area contributed by atoms with Gasteiger partial charge in [-0.2, -0.15) is 0 Å². The maximum Gasteiger partial charge on any atom is 0.232 e. The molecule has 1 aromatic rings. The number of benzene rings is 1. The van der Waals surface area contributed by atoms with Crippen molar-refractivity contribution < 1.29 is 13.9 Å². The van der Waals surface area contributed by atoms with Gasteiger partial charge >= 0.3 is 0 Å². The number of hydrogen-bond donors (Lipinski definition) is 1. The smallest absolute Gasteiger partial charge is 0.232 e. The van der Waals surface area contributed by atoms with E-state index in [0.717, 1.165) is 0 Å². The summed E-state index contributed by atoms with van der Waals surface area (Å²) >= 11 is 0. The lowest BCUT2D eigenvalue weighted by atomic mass is 10.0. The van der Waals surface area contributed by atoms with Crippen LogP contribution in [0.25, 0.3) is 0 Å². The number of ether oxygens (including phenoxy) is 1. The Morgan fingerprint density at radius 1 is 1.53 bits per heavy atom. The van der Waals surface area contributed by atoms with Crippen molar-refractivity contribution in [2.75, 3.05) is 32.1 Å². The van der Waals surface area contributed by atoms with Crippen molar-refractivity contribution in [1.82, 2.24) is 5.32 Å². The van der Waals surface area contributed by atoms with Crippen LogP contribution in [0.15, 0.2) is 18.2 Å². The van der Waals surface area contributed by atoms with Crippen LogP contribution in [0.2, 0.25) is 0 Å². The zero-order valence-corrected chi connectivity index (χ0v) is 9.87. The van der Waals surface area contributed by atoms with E-state index < -0.39 is 5.82 Å². The fraction of sp³-hybridized carbons (Fsp3) is 0.417. The molecular formula is C12H15FN2O2. The van der Waals surface area contributed by atoms with Crippen LogP contribution in [0.4, 0.5) is 10.1 Å². The van der Waals surface area contributed by atoms with Gasteiger partial charge in [-0.25, -0.2) is 4.39 Å². The standard InChI is InChI=1S/C12H15FN2O2/c1-15(12(16)8-6-14-7-8)9-3-4-11(17-2)10(13)5-9/h3-5,8,14H,6-7H2,1-2H3. The average Bonchev–Trinajstić information content (AvgIpc) is 2.25. The molecule has 1 amide bonds. The number of amides is 1. The lowest BCUT2D eigenvalue weighted by Gasteiger charge is -2.30.